The molecule has 0 saturated carbocycles. The molecule has 0 aliphatic carbocycles. The summed E-state index contributed by atoms with van der Waals surface area (Å²) in [6.07, 6.45) is 0.853. The van der Waals surface area contributed by atoms with Crippen LogP contribution in [0.3, 0.4) is 0 Å². The van der Waals surface area contributed by atoms with Gasteiger partial charge in [0.25, 0.3) is 0 Å². The number of ketones is 1. The molecular formula is C16H17NO2. The van der Waals surface area contributed by atoms with E-state index in [1.54, 1.807) is 24.3 Å². The first-order chi connectivity index (χ1) is 9.15. The molecule has 0 aliphatic rings. The molecule has 1 atom stereocenters. The minimum absolute atomic E-state index is 0.00884. The van der Waals surface area contributed by atoms with Gasteiger partial charge in [-0.1, -0.05) is 42.5 Å². The Morgan fingerprint density at radius 1 is 1.00 bits per heavy atom. The van der Waals surface area contributed by atoms with E-state index in [1.165, 1.54) is 0 Å². The molecule has 3 nitrogen and oxygen atoms in total. The number of rotatable bonds is 5. The quantitative estimate of drug-likeness (QED) is 0.859. The lowest BCUT2D eigenvalue weighted by Crippen LogP contribution is -2.33. The van der Waals surface area contributed by atoms with Crippen molar-refractivity contribution in [3.8, 4) is 5.75 Å². The van der Waals surface area contributed by atoms with Crippen molar-refractivity contribution in [2.24, 2.45) is 5.73 Å². The molecule has 0 amide bonds. The largest absolute Gasteiger partial charge is 0.508 e. The maximum atomic E-state index is 12.0. The number of Topliss-reactive ketones (excluding diaryl/α,β-unsaturated/α-hetero) is 1. The number of phenolic OH excluding ortho intramolecular Hbond substituents is 1. The molecule has 2 aromatic carbocycles. The average molecular weight is 255 g/mol. The zero-order valence-corrected chi connectivity index (χ0v) is 10.6. The number of phenols is 1. The number of hydrogen-bond donors (Lipinski definition) is 2. The summed E-state index contributed by atoms with van der Waals surface area (Å²) in [4.78, 5) is 12.0. The van der Waals surface area contributed by atoms with Gasteiger partial charge in [-0.05, 0) is 29.7 Å². The Labute approximate surface area is 112 Å². The molecule has 0 aliphatic heterocycles. The first-order valence-corrected chi connectivity index (χ1v) is 6.25. The fraction of sp³-hybridized carbons (Fsp3) is 0.188. The minimum Gasteiger partial charge on any atom is -0.508 e. The van der Waals surface area contributed by atoms with Gasteiger partial charge in [0.1, 0.15) is 5.75 Å². The van der Waals surface area contributed by atoms with Crippen LogP contribution in [0.4, 0.5) is 0 Å². The first kappa shape index (κ1) is 13.3. The summed E-state index contributed by atoms with van der Waals surface area (Å²) in [5.41, 5.74) is 7.86. The number of carbonyl (C=O) groups excluding carboxylic acids is 1. The molecule has 19 heavy (non-hydrogen) atoms. The third kappa shape index (κ3) is 3.93. The lowest BCUT2D eigenvalue weighted by Gasteiger charge is -2.10. The van der Waals surface area contributed by atoms with E-state index in [-0.39, 0.29) is 11.5 Å². The Kier molecular flexibility index (Phi) is 4.31. The number of benzene rings is 2. The topological polar surface area (TPSA) is 63.3 Å². The highest BCUT2D eigenvalue weighted by molar-refractivity contribution is 5.86. The highest BCUT2D eigenvalue weighted by Gasteiger charge is 2.14. The summed E-state index contributed by atoms with van der Waals surface area (Å²) in [7, 11) is 0. The SMILES string of the molecule is NC(Cc1ccccc1)C(=O)Cc1ccc(O)cc1. The maximum Gasteiger partial charge on any atom is 0.154 e. The lowest BCUT2D eigenvalue weighted by atomic mass is 9.98. The van der Waals surface area contributed by atoms with Crippen LogP contribution in [0.15, 0.2) is 54.6 Å². The number of carbonyl (C=O) groups is 1. The van der Waals surface area contributed by atoms with Crippen LogP contribution in [-0.2, 0) is 17.6 Å². The number of aromatic hydroxyl groups is 1. The summed E-state index contributed by atoms with van der Waals surface area (Å²) in [6, 6.07) is 15.9. The summed E-state index contributed by atoms with van der Waals surface area (Å²) >= 11 is 0. The third-order valence-electron chi connectivity index (χ3n) is 3.03. The van der Waals surface area contributed by atoms with Crippen LogP contribution in [0.2, 0.25) is 0 Å². The van der Waals surface area contributed by atoms with Gasteiger partial charge < -0.3 is 10.8 Å². The van der Waals surface area contributed by atoms with Gasteiger partial charge in [-0.2, -0.15) is 0 Å². The number of nitrogens with two attached hydrogens (primary N) is 1. The molecule has 2 rings (SSSR count). The van der Waals surface area contributed by atoms with Gasteiger partial charge in [-0.15, -0.1) is 0 Å². The van der Waals surface area contributed by atoms with E-state index in [0.717, 1.165) is 11.1 Å². The molecule has 2 aromatic rings. The average Bonchev–Trinajstić information content (AvgIpc) is 2.42. The Hall–Kier alpha value is -2.13. The van der Waals surface area contributed by atoms with Crippen molar-refractivity contribution in [1.82, 2.24) is 0 Å². The molecule has 98 valence electrons. The van der Waals surface area contributed by atoms with Crippen molar-refractivity contribution < 1.29 is 9.90 Å². The smallest absolute Gasteiger partial charge is 0.154 e. The van der Waals surface area contributed by atoms with E-state index in [1.807, 2.05) is 30.3 Å². The van der Waals surface area contributed by atoms with E-state index in [4.69, 9.17) is 5.73 Å². The lowest BCUT2D eigenvalue weighted by molar-refractivity contribution is -0.119. The van der Waals surface area contributed by atoms with E-state index >= 15 is 0 Å². The minimum atomic E-state index is -0.490. The van der Waals surface area contributed by atoms with Crippen molar-refractivity contribution >= 4 is 5.78 Å². The monoisotopic (exact) mass is 255 g/mol. The predicted molar refractivity (Wildman–Crippen MR) is 74.9 cm³/mol. The van der Waals surface area contributed by atoms with Crippen molar-refractivity contribution in [2.45, 2.75) is 18.9 Å². The normalized spacial score (nSPS) is 12.1. The molecular weight excluding hydrogens is 238 g/mol. The van der Waals surface area contributed by atoms with Gasteiger partial charge in [0.2, 0.25) is 0 Å². The van der Waals surface area contributed by atoms with Crippen LogP contribution >= 0.6 is 0 Å². The van der Waals surface area contributed by atoms with Crippen LogP contribution < -0.4 is 5.73 Å². The molecule has 0 radical (unpaired) electrons. The zero-order chi connectivity index (χ0) is 13.7. The molecule has 0 saturated heterocycles. The Morgan fingerprint density at radius 2 is 1.63 bits per heavy atom. The van der Waals surface area contributed by atoms with Gasteiger partial charge >= 0.3 is 0 Å². The van der Waals surface area contributed by atoms with Gasteiger partial charge in [-0.25, -0.2) is 0 Å². The maximum absolute atomic E-state index is 12.0. The van der Waals surface area contributed by atoms with E-state index in [9.17, 15) is 9.90 Å². The van der Waals surface area contributed by atoms with Gasteiger partial charge in [-0.3, -0.25) is 4.79 Å². The molecule has 0 fully saturated rings. The fourth-order valence-corrected chi connectivity index (χ4v) is 1.93. The van der Waals surface area contributed by atoms with E-state index < -0.39 is 6.04 Å². The van der Waals surface area contributed by atoms with Crippen LogP contribution in [0.5, 0.6) is 5.75 Å². The van der Waals surface area contributed by atoms with E-state index in [2.05, 4.69) is 0 Å². The highest BCUT2D eigenvalue weighted by atomic mass is 16.3. The molecule has 0 heterocycles. The molecule has 1 unspecified atom stereocenters. The Bertz CT molecular complexity index is 534. The fourth-order valence-electron chi connectivity index (χ4n) is 1.93. The van der Waals surface area contributed by atoms with Crippen molar-refractivity contribution in [2.75, 3.05) is 0 Å². The summed E-state index contributed by atoms with van der Waals surface area (Å²) in [5, 5.41) is 9.19. The summed E-state index contributed by atoms with van der Waals surface area (Å²) < 4.78 is 0. The molecule has 0 bridgehead atoms. The van der Waals surface area contributed by atoms with Crippen LogP contribution in [0.1, 0.15) is 11.1 Å². The van der Waals surface area contributed by atoms with Crippen LogP contribution in [-0.4, -0.2) is 16.9 Å². The first-order valence-electron chi connectivity index (χ1n) is 6.25. The third-order valence-corrected chi connectivity index (χ3v) is 3.03. The van der Waals surface area contributed by atoms with Crippen molar-refractivity contribution in [1.29, 1.82) is 0 Å². The van der Waals surface area contributed by atoms with Gasteiger partial charge in [0, 0.05) is 6.42 Å². The van der Waals surface area contributed by atoms with Crippen LogP contribution in [0.25, 0.3) is 0 Å². The zero-order valence-electron chi connectivity index (χ0n) is 10.6. The van der Waals surface area contributed by atoms with Gasteiger partial charge in [0.15, 0.2) is 5.78 Å². The second-order valence-corrected chi connectivity index (χ2v) is 4.61. The Morgan fingerprint density at radius 3 is 2.26 bits per heavy atom. The molecule has 0 aromatic heterocycles. The van der Waals surface area contributed by atoms with Crippen LogP contribution in [0, 0.1) is 0 Å². The molecule has 3 N–H and O–H groups in total. The Balaban J connectivity index is 1.94. The second-order valence-electron chi connectivity index (χ2n) is 4.61. The molecule has 0 spiro atoms. The standard InChI is InChI=1S/C16H17NO2/c17-15(10-12-4-2-1-3-5-12)16(19)11-13-6-8-14(18)9-7-13/h1-9,15,18H,10-11,17H2. The van der Waals surface area contributed by atoms with Gasteiger partial charge in [0.05, 0.1) is 6.04 Å². The summed E-state index contributed by atoms with van der Waals surface area (Å²) in [6.45, 7) is 0. The highest BCUT2D eigenvalue weighted by Crippen LogP contribution is 2.11. The molecule has 3 heteroatoms. The predicted octanol–water partition coefficient (Wildman–Crippen LogP) is 2.07. The van der Waals surface area contributed by atoms with Crippen molar-refractivity contribution in [3.63, 3.8) is 0 Å². The second kappa shape index (κ2) is 6.16. The number of hydrogen-bond acceptors (Lipinski definition) is 3. The van der Waals surface area contributed by atoms with E-state index in [0.29, 0.717) is 12.8 Å². The van der Waals surface area contributed by atoms with Crippen molar-refractivity contribution in [3.05, 3.63) is 65.7 Å². The summed E-state index contributed by atoms with van der Waals surface area (Å²) in [5.74, 6) is 0.208.